The number of rotatable bonds is 2. The van der Waals surface area contributed by atoms with E-state index in [0.29, 0.717) is 0 Å². The van der Waals surface area contributed by atoms with Crippen molar-refractivity contribution in [2.75, 3.05) is 0 Å². The SMILES string of the molecule is C=C(CC)n1ccnc1. The molecule has 0 saturated carbocycles. The highest BCUT2D eigenvalue weighted by atomic mass is 15.0. The van der Waals surface area contributed by atoms with Crippen LogP contribution in [0.4, 0.5) is 0 Å². The van der Waals surface area contributed by atoms with E-state index >= 15 is 0 Å². The third-order valence-electron chi connectivity index (χ3n) is 1.28. The summed E-state index contributed by atoms with van der Waals surface area (Å²) in [6, 6.07) is 0. The van der Waals surface area contributed by atoms with Crippen LogP contribution in [0.15, 0.2) is 25.3 Å². The molecule has 0 fully saturated rings. The Hall–Kier alpha value is -1.05. The number of hydrogen-bond donors (Lipinski definition) is 0. The zero-order valence-electron chi connectivity index (χ0n) is 5.54. The van der Waals surface area contributed by atoms with Gasteiger partial charge in [0.05, 0.1) is 6.33 Å². The molecule has 0 N–H and O–H groups in total. The van der Waals surface area contributed by atoms with Gasteiger partial charge in [-0.15, -0.1) is 0 Å². The fourth-order valence-electron chi connectivity index (χ4n) is 0.629. The second-order valence-electron chi connectivity index (χ2n) is 1.89. The summed E-state index contributed by atoms with van der Waals surface area (Å²) in [5, 5.41) is 0. The lowest BCUT2D eigenvalue weighted by Gasteiger charge is -1.99. The van der Waals surface area contributed by atoms with Crippen molar-refractivity contribution in [2.45, 2.75) is 13.3 Å². The molecule has 2 heteroatoms. The second-order valence-corrected chi connectivity index (χ2v) is 1.89. The highest BCUT2D eigenvalue weighted by Crippen LogP contribution is 2.02. The summed E-state index contributed by atoms with van der Waals surface area (Å²) in [6.07, 6.45) is 6.37. The second kappa shape index (κ2) is 2.49. The van der Waals surface area contributed by atoms with E-state index < -0.39 is 0 Å². The van der Waals surface area contributed by atoms with Crippen molar-refractivity contribution in [3.63, 3.8) is 0 Å². The molecular formula is C7H10N2. The summed E-state index contributed by atoms with van der Waals surface area (Å²) in [5.41, 5.74) is 1.08. The monoisotopic (exact) mass is 122 g/mol. The molecule has 1 aromatic rings. The molecule has 0 spiro atoms. The molecule has 0 aliphatic heterocycles. The number of allylic oxidation sites excluding steroid dienone is 1. The first-order valence-corrected chi connectivity index (χ1v) is 3.00. The zero-order chi connectivity index (χ0) is 6.69. The molecule has 0 saturated heterocycles. The van der Waals surface area contributed by atoms with Crippen molar-refractivity contribution in [3.05, 3.63) is 25.3 Å². The predicted octanol–water partition coefficient (Wildman–Crippen LogP) is 1.76. The van der Waals surface area contributed by atoms with Crippen molar-refractivity contribution >= 4 is 5.70 Å². The standard InChI is InChI=1S/C7H10N2/c1-3-7(2)9-5-4-8-6-9/h4-6H,2-3H2,1H3. The molecule has 0 unspecified atom stereocenters. The van der Waals surface area contributed by atoms with E-state index in [4.69, 9.17) is 0 Å². The average Bonchev–Trinajstić information content (AvgIpc) is 2.37. The molecule has 0 aliphatic rings. The van der Waals surface area contributed by atoms with E-state index in [1.54, 1.807) is 12.5 Å². The van der Waals surface area contributed by atoms with Crippen molar-refractivity contribution in [1.82, 2.24) is 9.55 Å². The molecule has 1 rings (SSSR count). The average molecular weight is 122 g/mol. The van der Waals surface area contributed by atoms with E-state index in [1.807, 2.05) is 10.8 Å². The third-order valence-corrected chi connectivity index (χ3v) is 1.28. The van der Waals surface area contributed by atoms with Gasteiger partial charge in [0.1, 0.15) is 0 Å². The molecule has 0 atom stereocenters. The lowest BCUT2D eigenvalue weighted by molar-refractivity contribution is 1.01. The van der Waals surface area contributed by atoms with Gasteiger partial charge in [-0.25, -0.2) is 4.98 Å². The molecule has 0 aliphatic carbocycles. The highest BCUT2D eigenvalue weighted by Gasteiger charge is 1.89. The summed E-state index contributed by atoms with van der Waals surface area (Å²) >= 11 is 0. The highest BCUT2D eigenvalue weighted by molar-refractivity contribution is 5.39. The van der Waals surface area contributed by atoms with Crippen LogP contribution in [0.1, 0.15) is 13.3 Å². The maximum atomic E-state index is 3.89. The quantitative estimate of drug-likeness (QED) is 0.584. The largest absolute Gasteiger partial charge is 0.311 e. The Morgan fingerprint density at radius 1 is 1.78 bits per heavy atom. The van der Waals surface area contributed by atoms with Crippen LogP contribution in [0.25, 0.3) is 5.70 Å². The van der Waals surface area contributed by atoms with E-state index in [1.165, 1.54) is 0 Å². The Balaban J connectivity index is 2.77. The fraction of sp³-hybridized carbons (Fsp3) is 0.286. The van der Waals surface area contributed by atoms with Crippen LogP contribution in [0.3, 0.4) is 0 Å². The molecule has 48 valence electrons. The fourth-order valence-corrected chi connectivity index (χ4v) is 0.629. The first-order valence-electron chi connectivity index (χ1n) is 3.00. The van der Waals surface area contributed by atoms with E-state index in [2.05, 4.69) is 18.5 Å². The van der Waals surface area contributed by atoms with Crippen LogP contribution in [-0.4, -0.2) is 9.55 Å². The Morgan fingerprint density at radius 3 is 3.00 bits per heavy atom. The maximum Gasteiger partial charge on any atom is 0.0988 e. The van der Waals surface area contributed by atoms with Gasteiger partial charge in [-0.3, -0.25) is 0 Å². The van der Waals surface area contributed by atoms with Gasteiger partial charge in [0.25, 0.3) is 0 Å². The molecule has 1 heterocycles. The van der Waals surface area contributed by atoms with Crippen molar-refractivity contribution in [3.8, 4) is 0 Å². The molecule has 0 bridgehead atoms. The number of imidazole rings is 1. The maximum absolute atomic E-state index is 3.89. The van der Waals surface area contributed by atoms with Crippen LogP contribution >= 0.6 is 0 Å². The molecule has 2 nitrogen and oxygen atoms in total. The van der Waals surface area contributed by atoms with Gasteiger partial charge in [0, 0.05) is 18.1 Å². The molecule has 1 aromatic heterocycles. The Bertz CT molecular complexity index is 187. The predicted molar refractivity (Wildman–Crippen MR) is 37.8 cm³/mol. The van der Waals surface area contributed by atoms with Crippen LogP contribution in [0.2, 0.25) is 0 Å². The topological polar surface area (TPSA) is 17.8 Å². The zero-order valence-corrected chi connectivity index (χ0v) is 5.54. The Kier molecular flexibility index (Phi) is 1.68. The lowest BCUT2D eigenvalue weighted by atomic mass is 10.4. The third kappa shape index (κ3) is 1.19. The van der Waals surface area contributed by atoms with Crippen LogP contribution in [-0.2, 0) is 0 Å². The number of nitrogens with zero attached hydrogens (tertiary/aromatic N) is 2. The van der Waals surface area contributed by atoms with E-state index in [-0.39, 0.29) is 0 Å². The molecular weight excluding hydrogens is 112 g/mol. The van der Waals surface area contributed by atoms with Crippen molar-refractivity contribution < 1.29 is 0 Å². The molecule has 9 heavy (non-hydrogen) atoms. The first kappa shape index (κ1) is 6.08. The molecule has 0 radical (unpaired) electrons. The summed E-state index contributed by atoms with van der Waals surface area (Å²) in [5.74, 6) is 0. The number of aromatic nitrogens is 2. The first-order chi connectivity index (χ1) is 4.34. The molecule has 0 aromatic carbocycles. The Labute approximate surface area is 54.8 Å². The molecule has 0 amide bonds. The van der Waals surface area contributed by atoms with E-state index in [0.717, 1.165) is 12.1 Å². The van der Waals surface area contributed by atoms with Gasteiger partial charge in [0.15, 0.2) is 0 Å². The van der Waals surface area contributed by atoms with Gasteiger partial charge in [-0.2, -0.15) is 0 Å². The lowest BCUT2D eigenvalue weighted by Crippen LogP contribution is -1.88. The van der Waals surface area contributed by atoms with Crippen LogP contribution < -0.4 is 0 Å². The van der Waals surface area contributed by atoms with Gasteiger partial charge in [0.2, 0.25) is 0 Å². The summed E-state index contributed by atoms with van der Waals surface area (Å²) in [7, 11) is 0. The number of hydrogen-bond acceptors (Lipinski definition) is 1. The van der Waals surface area contributed by atoms with Crippen LogP contribution in [0, 0.1) is 0 Å². The smallest absolute Gasteiger partial charge is 0.0988 e. The minimum absolute atomic E-state index is 0.969. The summed E-state index contributed by atoms with van der Waals surface area (Å²) in [6.45, 7) is 5.91. The van der Waals surface area contributed by atoms with Crippen molar-refractivity contribution in [1.29, 1.82) is 0 Å². The Morgan fingerprint density at radius 2 is 2.56 bits per heavy atom. The van der Waals surface area contributed by atoms with Gasteiger partial charge in [-0.1, -0.05) is 13.5 Å². The van der Waals surface area contributed by atoms with E-state index in [9.17, 15) is 0 Å². The van der Waals surface area contributed by atoms with Crippen molar-refractivity contribution in [2.24, 2.45) is 0 Å². The normalized spacial score (nSPS) is 9.44. The van der Waals surface area contributed by atoms with Gasteiger partial charge in [-0.05, 0) is 6.42 Å². The van der Waals surface area contributed by atoms with Crippen LogP contribution in [0.5, 0.6) is 0 Å². The minimum Gasteiger partial charge on any atom is -0.311 e. The van der Waals surface area contributed by atoms with Gasteiger partial charge < -0.3 is 4.57 Å². The minimum atomic E-state index is 0.969. The summed E-state index contributed by atoms with van der Waals surface area (Å²) in [4.78, 5) is 3.89. The van der Waals surface area contributed by atoms with Gasteiger partial charge >= 0.3 is 0 Å². The summed E-state index contributed by atoms with van der Waals surface area (Å²) < 4.78 is 1.92.